The van der Waals surface area contributed by atoms with E-state index in [4.69, 9.17) is 4.74 Å². The van der Waals surface area contributed by atoms with Crippen LogP contribution in [0.5, 0.6) is 0 Å². The van der Waals surface area contributed by atoms with Gasteiger partial charge in [-0.25, -0.2) is 0 Å². The van der Waals surface area contributed by atoms with Crippen molar-refractivity contribution in [3.63, 3.8) is 0 Å². The minimum Gasteiger partial charge on any atom is -0.341 e. The molecule has 0 saturated carbocycles. The highest BCUT2D eigenvalue weighted by Gasteiger charge is 2.31. The average molecular weight is 296 g/mol. The fraction of sp³-hybridized carbons (Fsp3) is 0.875. The van der Waals surface area contributed by atoms with E-state index in [9.17, 15) is 9.59 Å². The zero-order valence-corrected chi connectivity index (χ0v) is 13.3. The van der Waals surface area contributed by atoms with Crippen molar-refractivity contribution >= 4 is 11.8 Å². The van der Waals surface area contributed by atoms with Crippen LogP contribution in [0.15, 0.2) is 0 Å². The normalized spacial score (nSPS) is 26.2. The molecule has 0 aromatic rings. The molecule has 21 heavy (non-hydrogen) atoms. The highest BCUT2D eigenvalue weighted by atomic mass is 16.5. The van der Waals surface area contributed by atoms with E-state index in [0.717, 1.165) is 38.8 Å². The molecule has 120 valence electrons. The summed E-state index contributed by atoms with van der Waals surface area (Å²) in [5.74, 6) is 1.33. The minimum atomic E-state index is 0.185. The lowest BCUT2D eigenvalue weighted by Crippen LogP contribution is -2.33. The molecule has 0 bridgehead atoms. The lowest BCUT2D eigenvalue weighted by molar-refractivity contribution is -0.139. The number of carbonyl (C=O) groups is 2. The van der Waals surface area contributed by atoms with E-state index in [2.05, 4.69) is 13.8 Å². The highest BCUT2D eigenvalue weighted by molar-refractivity contribution is 5.79. The molecule has 2 heterocycles. The summed E-state index contributed by atoms with van der Waals surface area (Å²) in [6, 6.07) is 0. The summed E-state index contributed by atoms with van der Waals surface area (Å²) in [6.45, 7) is 6.55. The van der Waals surface area contributed by atoms with Crippen LogP contribution in [0.1, 0.15) is 52.4 Å². The molecular weight excluding hydrogens is 268 g/mol. The summed E-state index contributed by atoms with van der Waals surface area (Å²) in [4.78, 5) is 27.3. The molecule has 2 unspecified atom stereocenters. The molecular formula is C16H28N2O3. The van der Waals surface area contributed by atoms with Gasteiger partial charge < -0.3 is 14.5 Å². The van der Waals surface area contributed by atoms with Crippen LogP contribution in [0, 0.1) is 11.8 Å². The Morgan fingerprint density at radius 1 is 0.905 bits per heavy atom. The van der Waals surface area contributed by atoms with Crippen LogP contribution < -0.4 is 0 Å². The second-order valence-electron chi connectivity index (χ2n) is 6.41. The molecule has 2 fully saturated rings. The van der Waals surface area contributed by atoms with Gasteiger partial charge in [-0.3, -0.25) is 9.59 Å². The molecule has 2 rings (SSSR count). The zero-order chi connectivity index (χ0) is 15.2. The molecule has 2 amide bonds. The number of rotatable bonds is 8. The highest BCUT2D eigenvalue weighted by Crippen LogP contribution is 2.23. The fourth-order valence-electron chi connectivity index (χ4n) is 3.42. The van der Waals surface area contributed by atoms with Gasteiger partial charge in [-0.15, -0.1) is 0 Å². The average Bonchev–Trinajstić information content (AvgIpc) is 2.95. The Labute approximate surface area is 127 Å². The number of ether oxygens (including phenoxy) is 1. The maximum Gasteiger partial charge on any atom is 0.224 e. The topological polar surface area (TPSA) is 49.9 Å². The van der Waals surface area contributed by atoms with Gasteiger partial charge >= 0.3 is 0 Å². The molecule has 0 spiro atoms. The predicted molar refractivity (Wildman–Crippen MR) is 80.3 cm³/mol. The largest absolute Gasteiger partial charge is 0.341 e. The zero-order valence-electron chi connectivity index (χ0n) is 13.3. The Kier molecular flexibility index (Phi) is 6.03. The number of carbonyl (C=O) groups excluding carboxylic acids is 2. The molecule has 0 aliphatic carbocycles. The van der Waals surface area contributed by atoms with Crippen LogP contribution in [0.2, 0.25) is 0 Å². The van der Waals surface area contributed by atoms with Gasteiger partial charge in [-0.05, 0) is 24.7 Å². The lowest BCUT2D eigenvalue weighted by Gasteiger charge is -2.21. The standard InChI is InChI=1S/C16H28N2O3/c1-3-5-13-7-15(19)17(9-13)11-21-12-18-10-14(6-4-2)8-16(18)20/h13-14H,3-12H2,1-2H3. The van der Waals surface area contributed by atoms with E-state index in [1.54, 1.807) is 9.80 Å². The smallest absolute Gasteiger partial charge is 0.224 e. The molecule has 2 aliphatic rings. The van der Waals surface area contributed by atoms with Crippen molar-refractivity contribution in [1.82, 2.24) is 9.80 Å². The van der Waals surface area contributed by atoms with E-state index in [1.165, 1.54) is 0 Å². The van der Waals surface area contributed by atoms with Crippen molar-refractivity contribution in [3.05, 3.63) is 0 Å². The van der Waals surface area contributed by atoms with Crippen molar-refractivity contribution < 1.29 is 14.3 Å². The third-order valence-electron chi connectivity index (χ3n) is 4.48. The number of likely N-dealkylation sites (tertiary alicyclic amines) is 2. The van der Waals surface area contributed by atoms with Crippen LogP contribution >= 0.6 is 0 Å². The Hall–Kier alpha value is -1.10. The molecule has 2 aliphatic heterocycles. The molecule has 0 radical (unpaired) electrons. The summed E-state index contributed by atoms with van der Waals surface area (Å²) in [5.41, 5.74) is 0. The first-order chi connectivity index (χ1) is 10.1. The maximum absolute atomic E-state index is 11.9. The monoisotopic (exact) mass is 296 g/mol. The van der Waals surface area contributed by atoms with Gasteiger partial charge in [-0.1, -0.05) is 26.7 Å². The number of hydrogen-bond acceptors (Lipinski definition) is 3. The van der Waals surface area contributed by atoms with Gasteiger partial charge in [0, 0.05) is 25.9 Å². The molecule has 5 nitrogen and oxygen atoms in total. The summed E-state index contributed by atoms with van der Waals surface area (Å²) >= 11 is 0. The van der Waals surface area contributed by atoms with E-state index in [-0.39, 0.29) is 11.8 Å². The quantitative estimate of drug-likeness (QED) is 0.690. The third kappa shape index (κ3) is 4.43. The van der Waals surface area contributed by atoms with Crippen molar-refractivity contribution in [2.45, 2.75) is 52.4 Å². The lowest BCUT2D eigenvalue weighted by atomic mass is 10.0. The number of nitrogens with zero attached hydrogens (tertiary/aromatic N) is 2. The van der Waals surface area contributed by atoms with Crippen LogP contribution in [0.25, 0.3) is 0 Å². The van der Waals surface area contributed by atoms with Crippen LogP contribution in [-0.2, 0) is 14.3 Å². The Morgan fingerprint density at radius 3 is 1.71 bits per heavy atom. The first-order valence-corrected chi connectivity index (χ1v) is 8.27. The first kappa shape index (κ1) is 16.3. The van der Waals surface area contributed by atoms with Gasteiger partial charge in [0.2, 0.25) is 11.8 Å². The second-order valence-corrected chi connectivity index (χ2v) is 6.41. The molecule has 2 atom stereocenters. The van der Waals surface area contributed by atoms with Crippen molar-refractivity contribution in [2.24, 2.45) is 11.8 Å². The van der Waals surface area contributed by atoms with E-state index < -0.39 is 0 Å². The Balaban J connectivity index is 1.68. The summed E-state index contributed by atoms with van der Waals surface area (Å²) in [5, 5.41) is 0. The minimum absolute atomic E-state index is 0.185. The summed E-state index contributed by atoms with van der Waals surface area (Å²) in [6.07, 6.45) is 5.75. The van der Waals surface area contributed by atoms with Gasteiger partial charge in [-0.2, -0.15) is 0 Å². The molecule has 0 N–H and O–H groups in total. The van der Waals surface area contributed by atoms with Crippen molar-refractivity contribution in [2.75, 3.05) is 26.6 Å². The molecule has 5 heteroatoms. The van der Waals surface area contributed by atoms with Crippen molar-refractivity contribution in [3.8, 4) is 0 Å². The van der Waals surface area contributed by atoms with Crippen LogP contribution in [-0.4, -0.2) is 48.2 Å². The third-order valence-corrected chi connectivity index (χ3v) is 4.48. The maximum atomic E-state index is 11.9. The number of amides is 2. The molecule has 0 aromatic heterocycles. The van der Waals surface area contributed by atoms with E-state index >= 15 is 0 Å². The summed E-state index contributed by atoms with van der Waals surface area (Å²) in [7, 11) is 0. The van der Waals surface area contributed by atoms with Crippen molar-refractivity contribution in [1.29, 1.82) is 0 Å². The van der Waals surface area contributed by atoms with Crippen LogP contribution in [0.4, 0.5) is 0 Å². The van der Waals surface area contributed by atoms with Gasteiger partial charge in [0.15, 0.2) is 0 Å². The summed E-state index contributed by atoms with van der Waals surface area (Å²) < 4.78 is 5.61. The van der Waals surface area contributed by atoms with E-state index in [0.29, 0.717) is 38.1 Å². The van der Waals surface area contributed by atoms with Gasteiger partial charge in [0.25, 0.3) is 0 Å². The SMILES string of the molecule is CCCC1CC(=O)N(COCN2CC(CCC)CC2=O)C1. The number of hydrogen-bond donors (Lipinski definition) is 0. The van der Waals surface area contributed by atoms with Gasteiger partial charge in [0.1, 0.15) is 13.5 Å². The Bertz CT molecular complexity index is 339. The molecule has 2 saturated heterocycles. The van der Waals surface area contributed by atoms with Gasteiger partial charge in [0.05, 0.1) is 0 Å². The second kappa shape index (κ2) is 7.78. The fourth-order valence-corrected chi connectivity index (χ4v) is 3.42. The Morgan fingerprint density at radius 2 is 1.33 bits per heavy atom. The van der Waals surface area contributed by atoms with E-state index in [1.807, 2.05) is 0 Å². The first-order valence-electron chi connectivity index (χ1n) is 8.27. The van der Waals surface area contributed by atoms with Crippen LogP contribution in [0.3, 0.4) is 0 Å². The predicted octanol–water partition coefficient (Wildman–Crippen LogP) is 2.22. The molecule has 0 aromatic carbocycles.